The third-order valence-corrected chi connectivity index (χ3v) is 6.93. The van der Waals surface area contributed by atoms with Gasteiger partial charge in [0.25, 0.3) is 11.6 Å². The van der Waals surface area contributed by atoms with Gasteiger partial charge in [-0.25, -0.2) is 13.4 Å². The molecule has 0 aliphatic carbocycles. The number of hydrogen-bond acceptors (Lipinski definition) is 8. The van der Waals surface area contributed by atoms with Crippen molar-refractivity contribution in [2.45, 2.75) is 9.10 Å². The zero-order chi connectivity index (χ0) is 21.0. The Kier molecular flexibility index (Phi) is 6.11. The number of ether oxygens (including phenoxy) is 1. The highest BCUT2D eigenvalue weighted by Gasteiger charge is 2.22. The minimum absolute atomic E-state index is 0.0789. The molecule has 0 saturated carbocycles. The number of nitrogens with one attached hydrogen (secondary N) is 1. The molecule has 2 aromatic carbocycles. The lowest BCUT2D eigenvalue weighted by atomic mass is 10.3. The predicted molar refractivity (Wildman–Crippen MR) is 106 cm³/mol. The molecule has 9 nitrogen and oxygen atoms in total. The highest BCUT2D eigenvalue weighted by atomic mass is 35.5. The van der Waals surface area contributed by atoms with Crippen LogP contribution in [0.2, 0.25) is 5.02 Å². The Morgan fingerprint density at radius 2 is 1.83 bits per heavy atom. The van der Waals surface area contributed by atoms with Gasteiger partial charge in [-0.2, -0.15) is 0 Å². The summed E-state index contributed by atoms with van der Waals surface area (Å²) in [5.74, 6) is -0.0706. The molecule has 0 fully saturated rings. The largest absolute Gasteiger partial charge is 0.484 e. The molecule has 0 unspecified atom stereocenters. The Balaban J connectivity index is 1.65. The van der Waals surface area contributed by atoms with E-state index < -0.39 is 20.7 Å². The standard InChI is InChI=1S/C17H12ClN3O6S2/c18-11-1-5-13(6-2-11)27-10-15(22)20-17-19-9-16(28-17)29(25,26)14-7-3-12(4-8-14)21(23)24/h1-9H,10H2,(H,19,20,22). The summed E-state index contributed by atoms with van der Waals surface area (Å²) in [4.78, 5) is 25.8. The summed E-state index contributed by atoms with van der Waals surface area (Å²) >= 11 is 6.53. The summed E-state index contributed by atoms with van der Waals surface area (Å²) in [5, 5.41) is 13.8. The first-order valence-electron chi connectivity index (χ1n) is 7.89. The lowest BCUT2D eigenvalue weighted by molar-refractivity contribution is -0.384. The van der Waals surface area contributed by atoms with Crippen LogP contribution in [0.15, 0.2) is 63.8 Å². The van der Waals surface area contributed by atoms with Gasteiger partial charge in [-0.05, 0) is 36.4 Å². The first-order chi connectivity index (χ1) is 13.8. The topological polar surface area (TPSA) is 128 Å². The molecule has 1 amide bonds. The maximum atomic E-state index is 12.6. The summed E-state index contributed by atoms with van der Waals surface area (Å²) in [5.41, 5.74) is -0.220. The molecule has 1 heterocycles. The predicted octanol–water partition coefficient (Wildman–Crippen LogP) is 3.56. The number of sulfone groups is 1. The molecular formula is C17H12ClN3O6S2. The molecular weight excluding hydrogens is 442 g/mol. The maximum absolute atomic E-state index is 12.6. The number of carbonyl (C=O) groups excluding carboxylic acids is 1. The number of nitrogens with zero attached hydrogens (tertiary/aromatic N) is 2. The minimum Gasteiger partial charge on any atom is -0.484 e. The fraction of sp³-hybridized carbons (Fsp3) is 0.0588. The molecule has 0 spiro atoms. The van der Waals surface area contributed by atoms with Crippen LogP contribution in [0, 0.1) is 10.1 Å². The SMILES string of the molecule is O=C(COc1ccc(Cl)cc1)Nc1ncc(S(=O)(=O)c2ccc([N+](=O)[O-])cc2)s1. The van der Waals surface area contributed by atoms with E-state index in [0.29, 0.717) is 10.8 Å². The van der Waals surface area contributed by atoms with Gasteiger partial charge in [-0.3, -0.25) is 20.2 Å². The zero-order valence-electron chi connectivity index (χ0n) is 14.4. The highest BCUT2D eigenvalue weighted by Crippen LogP contribution is 2.29. The Morgan fingerprint density at radius 3 is 2.45 bits per heavy atom. The number of hydrogen-bond donors (Lipinski definition) is 1. The molecule has 0 radical (unpaired) electrons. The van der Waals surface area contributed by atoms with Crippen LogP contribution >= 0.6 is 22.9 Å². The number of nitro benzene ring substituents is 1. The summed E-state index contributed by atoms with van der Waals surface area (Å²) in [7, 11) is -3.92. The molecule has 1 N–H and O–H groups in total. The molecule has 0 saturated heterocycles. The van der Waals surface area contributed by atoms with Gasteiger partial charge in [-0.1, -0.05) is 22.9 Å². The maximum Gasteiger partial charge on any atom is 0.269 e. The second kappa shape index (κ2) is 8.55. The summed E-state index contributed by atoms with van der Waals surface area (Å²) in [6.45, 7) is -0.300. The highest BCUT2D eigenvalue weighted by molar-refractivity contribution is 7.93. The molecule has 3 rings (SSSR count). The van der Waals surface area contributed by atoms with E-state index >= 15 is 0 Å². The number of aromatic nitrogens is 1. The van der Waals surface area contributed by atoms with Crippen LogP contribution in [0.25, 0.3) is 0 Å². The van der Waals surface area contributed by atoms with Crippen LogP contribution in [0.3, 0.4) is 0 Å². The Hall–Kier alpha value is -3.02. The van der Waals surface area contributed by atoms with Crippen LogP contribution in [0.4, 0.5) is 10.8 Å². The second-order valence-electron chi connectivity index (χ2n) is 5.53. The monoisotopic (exact) mass is 453 g/mol. The average molecular weight is 454 g/mol. The molecule has 0 bridgehead atoms. The van der Waals surface area contributed by atoms with E-state index in [2.05, 4.69) is 10.3 Å². The van der Waals surface area contributed by atoms with Gasteiger partial charge in [0.1, 0.15) is 9.96 Å². The number of amides is 1. The number of non-ortho nitro benzene ring substituents is 1. The van der Waals surface area contributed by atoms with E-state index in [9.17, 15) is 23.3 Å². The van der Waals surface area contributed by atoms with Gasteiger partial charge in [0.05, 0.1) is 16.0 Å². The van der Waals surface area contributed by atoms with Gasteiger partial charge in [0, 0.05) is 17.2 Å². The van der Waals surface area contributed by atoms with E-state index in [-0.39, 0.29) is 26.5 Å². The number of rotatable bonds is 7. The van der Waals surface area contributed by atoms with Crippen molar-refractivity contribution in [3.63, 3.8) is 0 Å². The first-order valence-corrected chi connectivity index (χ1v) is 10.6. The van der Waals surface area contributed by atoms with Crippen molar-refractivity contribution in [1.29, 1.82) is 0 Å². The van der Waals surface area contributed by atoms with E-state index in [0.717, 1.165) is 41.8 Å². The van der Waals surface area contributed by atoms with Gasteiger partial charge in [0.2, 0.25) is 9.84 Å². The number of nitro groups is 1. The van der Waals surface area contributed by atoms with Crippen LogP contribution < -0.4 is 10.1 Å². The van der Waals surface area contributed by atoms with E-state index in [4.69, 9.17) is 16.3 Å². The van der Waals surface area contributed by atoms with E-state index in [1.165, 1.54) is 0 Å². The summed E-state index contributed by atoms with van der Waals surface area (Å²) in [6, 6.07) is 10.9. The third-order valence-electron chi connectivity index (χ3n) is 3.54. The third kappa shape index (κ3) is 5.08. The lowest BCUT2D eigenvalue weighted by Crippen LogP contribution is -2.19. The number of carbonyl (C=O) groups is 1. The fourth-order valence-electron chi connectivity index (χ4n) is 2.14. The van der Waals surface area contributed by atoms with Crippen molar-refractivity contribution < 1.29 is 22.9 Å². The smallest absolute Gasteiger partial charge is 0.269 e. The summed E-state index contributed by atoms with van der Waals surface area (Å²) in [6.07, 6.45) is 1.11. The molecule has 12 heteroatoms. The zero-order valence-corrected chi connectivity index (χ0v) is 16.8. The van der Waals surface area contributed by atoms with Crippen molar-refractivity contribution in [3.05, 3.63) is 69.9 Å². The fourth-order valence-corrected chi connectivity index (χ4v) is 4.71. The molecule has 1 aromatic heterocycles. The number of halogens is 1. The van der Waals surface area contributed by atoms with Crippen molar-refractivity contribution in [1.82, 2.24) is 4.98 Å². The van der Waals surface area contributed by atoms with Crippen molar-refractivity contribution in [2.75, 3.05) is 11.9 Å². The van der Waals surface area contributed by atoms with E-state index in [1.807, 2.05) is 0 Å². The minimum atomic E-state index is -3.92. The van der Waals surface area contributed by atoms with Crippen molar-refractivity contribution in [3.8, 4) is 5.75 Å². The van der Waals surface area contributed by atoms with Crippen LogP contribution in [0.1, 0.15) is 0 Å². The Labute approximate surface area is 174 Å². The quantitative estimate of drug-likeness (QED) is 0.427. The lowest BCUT2D eigenvalue weighted by Gasteiger charge is -2.05. The summed E-state index contributed by atoms with van der Waals surface area (Å²) < 4.78 is 30.4. The van der Waals surface area contributed by atoms with Crippen LogP contribution in [-0.4, -0.2) is 30.8 Å². The molecule has 0 aliphatic heterocycles. The van der Waals surface area contributed by atoms with Gasteiger partial charge < -0.3 is 4.74 Å². The molecule has 3 aromatic rings. The van der Waals surface area contributed by atoms with Crippen molar-refractivity contribution in [2.24, 2.45) is 0 Å². The molecule has 29 heavy (non-hydrogen) atoms. The van der Waals surface area contributed by atoms with Gasteiger partial charge in [-0.15, -0.1) is 0 Å². The Bertz CT molecular complexity index is 1140. The average Bonchev–Trinajstić information content (AvgIpc) is 3.17. The first kappa shape index (κ1) is 20.7. The molecule has 0 atom stereocenters. The number of benzene rings is 2. The van der Waals surface area contributed by atoms with Crippen LogP contribution in [0.5, 0.6) is 5.75 Å². The van der Waals surface area contributed by atoms with E-state index in [1.54, 1.807) is 24.3 Å². The van der Waals surface area contributed by atoms with Gasteiger partial charge >= 0.3 is 0 Å². The number of anilines is 1. The number of thiazole rings is 1. The Morgan fingerprint density at radius 1 is 1.17 bits per heavy atom. The van der Waals surface area contributed by atoms with Gasteiger partial charge in [0.15, 0.2) is 11.7 Å². The van der Waals surface area contributed by atoms with Crippen LogP contribution in [-0.2, 0) is 14.6 Å². The second-order valence-corrected chi connectivity index (χ2v) is 9.17. The molecule has 150 valence electrons. The molecule has 0 aliphatic rings. The van der Waals surface area contributed by atoms with Crippen molar-refractivity contribution >= 4 is 49.5 Å². The normalized spacial score (nSPS) is 11.1.